The van der Waals surface area contributed by atoms with Gasteiger partial charge in [-0.3, -0.25) is 0 Å². The van der Waals surface area contributed by atoms with E-state index >= 15 is 0 Å². The average molecular weight is 481 g/mol. The average Bonchev–Trinajstić information content (AvgIpc) is 3.47. The Bertz CT molecular complexity index is 1460. The Balaban J connectivity index is 1.32. The largest absolute Gasteiger partial charge is 0.390 e. The van der Waals surface area contributed by atoms with Crippen LogP contribution >= 0.6 is 11.3 Å². The van der Waals surface area contributed by atoms with Crippen LogP contribution in [-0.4, -0.2) is 40.6 Å². The van der Waals surface area contributed by atoms with Crippen LogP contribution in [0.15, 0.2) is 53.0 Å². The van der Waals surface area contributed by atoms with E-state index in [1.54, 1.807) is 18.3 Å². The first-order chi connectivity index (χ1) is 16.0. The molecule has 0 bridgehead atoms. The van der Waals surface area contributed by atoms with Crippen molar-refractivity contribution in [3.63, 3.8) is 0 Å². The lowest BCUT2D eigenvalue weighted by molar-refractivity contribution is 0.278. The number of nitrogens with zero attached hydrogens (tertiary/aromatic N) is 3. The van der Waals surface area contributed by atoms with E-state index in [0.29, 0.717) is 24.1 Å². The van der Waals surface area contributed by atoms with Gasteiger partial charge >= 0.3 is 0 Å². The zero-order chi connectivity index (χ0) is 23.0. The molecule has 33 heavy (non-hydrogen) atoms. The summed E-state index contributed by atoms with van der Waals surface area (Å²) in [5.41, 5.74) is 3.37. The third-order valence-corrected chi connectivity index (χ3v) is 8.06. The first-order valence-corrected chi connectivity index (χ1v) is 12.6. The predicted octanol–water partition coefficient (Wildman–Crippen LogP) is 2.97. The lowest BCUT2D eigenvalue weighted by Crippen LogP contribution is -2.49. The molecule has 4 N–H and O–H groups in total. The molecular formula is C22H20N6O3S2. The van der Waals surface area contributed by atoms with Gasteiger partial charge < -0.3 is 15.4 Å². The van der Waals surface area contributed by atoms with Crippen LogP contribution in [0, 0.1) is 11.3 Å². The van der Waals surface area contributed by atoms with Crippen molar-refractivity contribution < 1.29 is 13.5 Å². The number of H-pyrrole nitrogens is 1. The Labute approximate surface area is 194 Å². The van der Waals surface area contributed by atoms with Gasteiger partial charge in [-0.15, -0.1) is 11.3 Å². The highest BCUT2D eigenvalue weighted by atomic mass is 32.2. The number of anilines is 1. The van der Waals surface area contributed by atoms with Crippen molar-refractivity contribution >= 4 is 38.1 Å². The topological polar surface area (TPSA) is 144 Å². The molecule has 168 valence electrons. The maximum Gasteiger partial charge on any atom is 0.240 e. The number of thiazole rings is 1. The van der Waals surface area contributed by atoms with Crippen molar-refractivity contribution in [2.75, 3.05) is 5.32 Å². The van der Waals surface area contributed by atoms with Crippen LogP contribution in [-0.2, 0) is 16.6 Å². The van der Waals surface area contributed by atoms with E-state index in [9.17, 15) is 13.5 Å². The monoisotopic (exact) mass is 480 g/mol. The molecule has 0 spiro atoms. The summed E-state index contributed by atoms with van der Waals surface area (Å²) in [6.07, 6.45) is 4.80. The number of aromatic amines is 1. The highest BCUT2D eigenvalue weighted by Crippen LogP contribution is 2.37. The zero-order valence-electron chi connectivity index (χ0n) is 17.3. The van der Waals surface area contributed by atoms with Crippen molar-refractivity contribution in [2.45, 2.75) is 36.4 Å². The third kappa shape index (κ3) is 4.21. The molecule has 1 fully saturated rings. The Morgan fingerprint density at radius 2 is 2.12 bits per heavy atom. The first-order valence-electron chi connectivity index (χ1n) is 10.3. The second-order valence-electron chi connectivity index (χ2n) is 7.86. The number of sulfonamides is 1. The van der Waals surface area contributed by atoms with Gasteiger partial charge in [0, 0.05) is 35.2 Å². The van der Waals surface area contributed by atoms with Crippen molar-refractivity contribution in [1.82, 2.24) is 19.7 Å². The van der Waals surface area contributed by atoms with E-state index in [0.717, 1.165) is 27.3 Å². The van der Waals surface area contributed by atoms with Gasteiger partial charge in [-0.1, -0.05) is 6.07 Å². The van der Waals surface area contributed by atoms with Crippen LogP contribution in [0.4, 0.5) is 5.69 Å². The summed E-state index contributed by atoms with van der Waals surface area (Å²) in [5.74, 6) is 0. The minimum Gasteiger partial charge on any atom is -0.390 e. The number of aliphatic hydroxyl groups is 1. The van der Waals surface area contributed by atoms with Crippen molar-refractivity contribution in [2.24, 2.45) is 0 Å². The Morgan fingerprint density at radius 3 is 2.88 bits per heavy atom. The third-order valence-electron chi connectivity index (χ3n) is 5.61. The second kappa shape index (κ2) is 8.57. The van der Waals surface area contributed by atoms with Gasteiger partial charge in [0.1, 0.15) is 10.7 Å². The van der Waals surface area contributed by atoms with E-state index < -0.39 is 10.0 Å². The summed E-state index contributed by atoms with van der Waals surface area (Å²) in [4.78, 5) is 12.1. The summed E-state index contributed by atoms with van der Waals surface area (Å²) in [7, 11) is -3.70. The fraction of sp³-hybridized carbons (Fsp3) is 0.227. The van der Waals surface area contributed by atoms with Crippen LogP contribution < -0.4 is 10.0 Å². The van der Waals surface area contributed by atoms with Crippen LogP contribution in [0.3, 0.4) is 0 Å². The summed E-state index contributed by atoms with van der Waals surface area (Å²) >= 11 is 1.44. The quantitative estimate of drug-likeness (QED) is 0.318. The lowest BCUT2D eigenvalue weighted by atomic mass is 9.87. The fourth-order valence-corrected chi connectivity index (χ4v) is 6.02. The molecule has 0 atom stereocenters. The van der Waals surface area contributed by atoms with Gasteiger partial charge in [0.2, 0.25) is 10.0 Å². The maximum atomic E-state index is 12.7. The van der Waals surface area contributed by atoms with Crippen LogP contribution in [0.5, 0.6) is 0 Å². The van der Waals surface area contributed by atoms with Gasteiger partial charge in [0.15, 0.2) is 0 Å². The summed E-state index contributed by atoms with van der Waals surface area (Å²) in [6.45, 7) is -0.124. The standard InChI is InChI=1S/C22H20N6O3S2/c23-9-13-2-1-3-17(6-13)33(30,31)28-15-7-14(8-15)26-20-18-4-5-24-21(18)25-10-19(20)22-27-16(11-29)12-32-22/h1-6,10,12,14-15,28-29H,7-8,11H2,(H2,24,25,26). The molecule has 5 rings (SSSR count). The van der Waals surface area contributed by atoms with Gasteiger partial charge in [-0.05, 0) is 37.1 Å². The number of benzene rings is 1. The van der Waals surface area contributed by atoms with E-state index in [1.165, 1.54) is 23.5 Å². The molecule has 0 aliphatic heterocycles. The smallest absolute Gasteiger partial charge is 0.240 e. The minimum atomic E-state index is -3.70. The van der Waals surface area contributed by atoms with E-state index in [4.69, 9.17) is 5.26 Å². The molecule has 0 unspecified atom stereocenters. The minimum absolute atomic E-state index is 0.0691. The number of rotatable bonds is 7. The molecule has 1 aliphatic rings. The molecule has 1 aromatic carbocycles. The summed E-state index contributed by atoms with van der Waals surface area (Å²) < 4.78 is 28.1. The molecule has 9 nitrogen and oxygen atoms in total. The number of nitriles is 1. The highest BCUT2D eigenvalue weighted by Gasteiger charge is 2.33. The Morgan fingerprint density at radius 1 is 1.27 bits per heavy atom. The van der Waals surface area contributed by atoms with Crippen LogP contribution in [0.25, 0.3) is 21.6 Å². The normalized spacial score (nSPS) is 18.1. The molecule has 3 heterocycles. The molecular weight excluding hydrogens is 460 g/mol. The Hall–Kier alpha value is -3.30. The summed E-state index contributed by atoms with van der Waals surface area (Å²) in [6, 6.07) is 9.76. The van der Waals surface area contributed by atoms with E-state index in [-0.39, 0.29) is 23.6 Å². The number of hydrogen-bond donors (Lipinski definition) is 4. The van der Waals surface area contributed by atoms with Crippen molar-refractivity contribution in [3.05, 3.63) is 59.4 Å². The summed E-state index contributed by atoms with van der Waals surface area (Å²) in [5, 5.41) is 25.4. The van der Waals surface area contributed by atoms with E-state index in [2.05, 4.69) is 25.0 Å². The van der Waals surface area contributed by atoms with Gasteiger partial charge in [0.25, 0.3) is 0 Å². The van der Waals surface area contributed by atoms with Crippen molar-refractivity contribution in [3.8, 4) is 16.6 Å². The molecule has 3 aromatic heterocycles. The zero-order valence-corrected chi connectivity index (χ0v) is 18.9. The fourth-order valence-electron chi connectivity index (χ4n) is 3.89. The number of aromatic nitrogens is 3. The maximum absolute atomic E-state index is 12.7. The number of pyridine rings is 1. The molecule has 1 saturated carbocycles. The molecule has 1 aliphatic carbocycles. The highest BCUT2D eigenvalue weighted by molar-refractivity contribution is 7.89. The first kappa shape index (κ1) is 21.5. The number of hydrogen-bond acceptors (Lipinski definition) is 8. The predicted molar refractivity (Wildman–Crippen MR) is 125 cm³/mol. The Kier molecular flexibility index (Phi) is 5.59. The van der Waals surface area contributed by atoms with Crippen LogP contribution in [0.1, 0.15) is 24.1 Å². The molecule has 4 aromatic rings. The van der Waals surface area contributed by atoms with Gasteiger partial charge in [-0.2, -0.15) is 5.26 Å². The molecule has 11 heteroatoms. The van der Waals surface area contributed by atoms with Gasteiger partial charge in [0.05, 0.1) is 40.1 Å². The number of fused-ring (bicyclic) bond motifs is 1. The number of nitrogens with one attached hydrogen (secondary N) is 3. The molecule has 0 radical (unpaired) electrons. The van der Waals surface area contributed by atoms with E-state index in [1.807, 2.05) is 23.7 Å². The molecule has 0 saturated heterocycles. The SMILES string of the molecule is N#Cc1cccc(S(=O)(=O)NC2CC(Nc3c(-c4nc(CO)cs4)cnc4[nH]ccc34)C2)c1. The van der Waals surface area contributed by atoms with Crippen LogP contribution in [0.2, 0.25) is 0 Å². The number of aliphatic hydroxyl groups excluding tert-OH is 1. The lowest BCUT2D eigenvalue weighted by Gasteiger charge is -2.37. The van der Waals surface area contributed by atoms with Crippen molar-refractivity contribution in [1.29, 1.82) is 5.26 Å². The second-order valence-corrected chi connectivity index (χ2v) is 10.4. The van der Waals surface area contributed by atoms with Gasteiger partial charge in [-0.25, -0.2) is 23.1 Å². The molecule has 0 amide bonds.